The molecule has 0 spiro atoms. The molecule has 2 aromatic heterocycles. The van der Waals surface area contributed by atoms with E-state index in [0.717, 1.165) is 11.8 Å². The summed E-state index contributed by atoms with van der Waals surface area (Å²) in [6.45, 7) is 0. The fourth-order valence-corrected chi connectivity index (χ4v) is 3.91. The molecule has 0 saturated heterocycles. The molecule has 3 aromatic carbocycles. The van der Waals surface area contributed by atoms with Crippen LogP contribution in [0.2, 0.25) is 0 Å². The fraction of sp³-hybridized carbons (Fsp3) is 0.0385. The van der Waals surface area contributed by atoms with Gasteiger partial charge in [-0.3, -0.25) is 9.78 Å². The molecule has 0 aliphatic carbocycles. The van der Waals surface area contributed by atoms with Crippen molar-refractivity contribution in [1.29, 1.82) is 0 Å². The highest BCUT2D eigenvalue weighted by Crippen LogP contribution is 2.39. The molecule has 0 fully saturated rings. The lowest BCUT2D eigenvalue weighted by Crippen LogP contribution is -2.09. The maximum atomic E-state index is 13.7. The first-order valence-electron chi connectivity index (χ1n) is 10.1. The van der Waals surface area contributed by atoms with Crippen molar-refractivity contribution in [2.75, 3.05) is 0 Å². The van der Waals surface area contributed by atoms with Gasteiger partial charge in [-0.25, -0.2) is 4.98 Å². The lowest BCUT2D eigenvalue weighted by atomic mass is 9.91. The SMILES string of the molecule is O=C(c1ccccc1)c1cnc2c(C(F)(F)F)cccc2c1-c1cccc(-n2ccnc2)c1. The van der Waals surface area contributed by atoms with Crippen molar-refractivity contribution in [2.24, 2.45) is 0 Å². The monoisotopic (exact) mass is 443 g/mol. The van der Waals surface area contributed by atoms with Crippen LogP contribution in [-0.4, -0.2) is 20.3 Å². The predicted octanol–water partition coefficient (Wildman–Crippen LogP) is 6.34. The Morgan fingerprint density at radius 1 is 0.909 bits per heavy atom. The number of carbonyl (C=O) groups is 1. The van der Waals surface area contributed by atoms with Crippen LogP contribution in [0.4, 0.5) is 13.2 Å². The van der Waals surface area contributed by atoms with E-state index in [2.05, 4.69) is 9.97 Å². The Balaban J connectivity index is 1.81. The number of pyridine rings is 1. The van der Waals surface area contributed by atoms with Crippen molar-refractivity contribution in [1.82, 2.24) is 14.5 Å². The third kappa shape index (κ3) is 3.78. The Labute approximate surface area is 187 Å². The van der Waals surface area contributed by atoms with Crippen LogP contribution in [0.25, 0.3) is 27.7 Å². The summed E-state index contributed by atoms with van der Waals surface area (Å²) in [7, 11) is 0. The van der Waals surface area contributed by atoms with E-state index in [-0.39, 0.29) is 22.2 Å². The zero-order chi connectivity index (χ0) is 23.0. The molecule has 5 rings (SSSR count). The van der Waals surface area contributed by atoms with Gasteiger partial charge in [0.05, 0.1) is 17.4 Å². The second-order valence-electron chi connectivity index (χ2n) is 7.46. The van der Waals surface area contributed by atoms with Gasteiger partial charge in [0.1, 0.15) is 0 Å². The first-order chi connectivity index (χ1) is 15.9. The largest absolute Gasteiger partial charge is 0.418 e. The van der Waals surface area contributed by atoms with Crippen molar-refractivity contribution in [3.8, 4) is 16.8 Å². The summed E-state index contributed by atoms with van der Waals surface area (Å²) in [5, 5.41) is 0.259. The van der Waals surface area contributed by atoms with E-state index in [4.69, 9.17) is 0 Å². The summed E-state index contributed by atoms with van der Waals surface area (Å²) in [5.41, 5.74) is 1.39. The second kappa shape index (κ2) is 8.02. The minimum atomic E-state index is -4.58. The molecule has 0 radical (unpaired) electrons. The van der Waals surface area contributed by atoms with Gasteiger partial charge in [0.15, 0.2) is 5.78 Å². The van der Waals surface area contributed by atoms with Crippen LogP contribution in [0.1, 0.15) is 21.5 Å². The molecule has 7 heteroatoms. The highest BCUT2D eigenvalue weighted by Gasteiger charge is 2.34. The topological polar surface area (TPSA) is 47.8 Å². The number of imidazole rings is 1. The van der Waals surface area contributed by atoms with E-state index in [1.54, 1.807) is 71.8 Å². The second-order valence-corrected chi connectivity index (χ2v) is 7.46. The normalized spacial score (nSPS) is 11.6. The van der Waals surface area contributed by atoms with E-state index in [1.165, 1.54) is 12.3 Å². The molecule has 0 amide bonds. The summed E-state index contributed by atoms with van der Waals surface area (Å²) >= 11 is 0. The number of carbonyl (C=O) groups excluding carboxylic acids is 1. The highest BCUT2D eigenvalue weighted by molar-refractivity contribution is 6.16. The van der Waals surface area contributed by atoms with Crippen molar-refractivity contribution in [3.63, 3.8) is 0 Å². The lowest BCUT2D eigenvalue weighted by Gasteiger charge is -2.16. The van der Waals surface area contributed by atoms with Crippen molar-refractivity contribution in [2.45, 2.75) is 6.18 Å². The van der Waals surface area contributed by atoms with E-state index < -0.39 is 11.7 Å². The number of rotatable bonds is 4. The standard InChI is InChI=1S/C26H16F3N3O/c27-26(28,29)22-11-5-10-20-23(18-8-4-9-19(14-18)32-13-12-30-16-32)21(15-31-24(20)22)25(33)17-6-2-1-3-7-17/h1-16H. The van der Waals surface area contributed by atoms with E-state index in [1.807, 2.05) is 12.1 Å². The van der Waals surface area contributed by atoms with Crippen molar-refractivity contribution in [3.05, 3.63) is 114 Å². The van der Waals surface area contributed by atoms with Gasteiger partial charge in [0.25, 0.3) is 0 Å². The van der Waals surface area contributed by atoms with Crippen LogP contribution in [0.5, 0.6) is 0 Å². The van der Waals surface area contributed by atoms with Crippen LogP contribution in [0.15, 0.2) is 97.7 Å². The Kier molecular flexibility index (Phi) is 5.01. The molecular formula is C26H16F3N3O. The van der Waals surface area contributed by atoms with Crippen LogP contribution < -0.4 is 0 Å². The van der Waals surface area contributed by atoms with Gasteiger partial charge in [-0.2, -0.15) is 13.2 Å². The van der Waals surface area contributed by atoms with Crippen LogP contribution in [0.3, 0.4) is 0 Å². The molecule has 0 N–H and O–H groups in total. The number of halogens is 3. The Morgan fingerprint density at radius 2 is 1.70 bits per heavy atom. The van der Waals surface area contributed by atoms with Crippen LogP contribution in [-0.2, 0) is 6.18 Å². The smallest absolute Gasteiger partial charge is 0.306 e. The molecule has 4 nitrogen and oxygen atoms in total. The third-order valence-corrected chi connectivity index (χ3v) is 5.42. The highest BCUT2D eigenvalue weighted by atomic mass is 19.4. The van der Waals surface area contributed by atoms with Gasteiger partial charge < -0.3 is 4.57 Å². The number of para-hydroxylation sites is 1. The number of hydrogen-bond donors (Lipinski definition) is 0. The molecular weight excluding hydrogens is 427 g/mol. The third-order valence-electron chi connectivity index (χ3n) is 5.42. The number of fused-ring (bicyclic) bond motifs is 1. The molecule has 2 heterocycles. The first-order valence-corrected chi connectivity index (χ1v) is 10.1. The van der Waals surface area contributed by atoms with E-state index in [9.17, 15) is 18.0 Å². The number of ketones is 1. The van der Waals surface area contributed by atoms with Gasteiger partial charge in [0, 0.05) is 46.4 Å². The number of benzene rings is 3. The molecule has 0 aliphatic rings. The quantitative estimate of drug-likeness (QED) is 0.305. The van der Waals surface area contributed by atoms with Gasteiger partial charge >= 0.3 is 6.18 Å². The molecule has 5 aromatic rings. The molecule has 0 unspecified atom stereocenters. The van der Waals surface area contributed by atoms with E-state index in [0.29, 0.717) is 16.7 Å². The minimum Gasteiger partial charge on any atom is -0.306 e. The number of nitrogens with zero attached hydrogens (tertiary/aromatic N) is 3. The zero-order valence-electron chi connectivity index (χ0n) is 17.1. The summed E-state index contributed by atoms with van der Waals surface area (Å²) in [5.74, 6) is -0.314. The molecule has 0 aliphatic heterocycles. The average Bonchev–Trinajstić information content (AvgIpc) is 3.38. The summed E-state index contributed by atoms with van der Waals surface area (Å²) < 4.78 is 42.9. The average molecular weight is 443 g/mol. The van der Waals surface area contributed by atoms with Gasteiger partial charge in [-0.1, -0.05) is 54.6 Å². The van der Waals surface area contributed by atoms with Gasteiger partial charge in [-0.15, -0.1) is 0 Å². The number of aromatic nitrogens is 3. The Morgan fingerprint density at radius 3 is 2.42 bits per heavy atom. The van der Waals surface area contributed by atoms with Gasteiger partial charge in [0.2, 0.25) is 0 Å². The first kappa shape index (κ1) is 20.6. The van der Waals surface area contributed by atoms with Crippen LogP contribution >= 0.6 is 0 Å². The summed E-state index contributed by atoms with van der Waals surface area (Å²) in [6.07, 6.45) is 1.69. The maximum Gasteiger partial charge on any atom is 0.418 e. The van der Waals surface area contributed by atoms with Crippen LogP contribution in [0, 0.1) is 0 Å². The molecule has 0 atom stereocenters. The lowest BCUT2D eigenvalue weighted by molar-refractivity contribution is -0.136. The summed E-state index contributed by atoms with van der Waals surface area (Å²) in [4.78, 5) is 21.5. The molecule has 0 bridgehead atoms. The Hall–Kier alpha value is -4.26. The minimum absolute atomic E-state index is 0.197. The number of hydrogen-bond acceptors (Lipinski definition) is 3. The van der Waals surface area contributed by atoms with Crippen molar-refractivity contribution < 1.29 is 18.0 Å². The molecule has 33 heavy (non-hydrogen) atoms. The Bertz CT molecular complexity index is 1460. The zero-order valence-corrected chi connectivity index (χ0v) is 17.1. The molecule has 0 saturated carbocycles. The maximum absolute atomic E-state index is 13.7. The van der Waals surface area contributed by atoms with Crippen molar-refractivity contribution >= 4 is 16.7 Å². The summed E-state index contributed by atoms with van der Waals surface area (Å²) in [6, 6.07) is 19.8. The predicted molar refractivity (Wildman–Crippen MR) is 119 cm³/mol. The van der Waals surface area contributed by atoms with Gasteiger partial charge in [-0.05, 0) is 23.8 Å². The molecule has 162 valence electrons. The van der Waals surface area contributed by atoms with E-state index >= 15 is 0 Å². The number of alkyl halides is 3. The fourth-order valence-electron chi connectivity index (χ4n) is 3.91.